The van der Waals surface area contributed by atoms with Crippen LogP contribution in [0.5, 0.6) is 0 Å². The maximum atomic E-state index is 12.8. The summed E-state index contributed by atoms with van der Waals surface area (Å²) in [5.74, 6) is 0. The summed E-state index contributed by atoms with van der Waals surface area (Å²) in [5, 5.41) is 24.4. The van der Waals surface area contributed by atoms with Crippen LogP contribution in [0, 0.1) is 11.3 Å². The summed E-state index contributed by atoms with van der Waals surface area (Å²) in [4.78, 5) is 0. The molecule has 0 aliphatic carbocycles. The molecule has 0 saturated heterocycles. The number of rotatable bonds is 7. The van der Waals surface area contributed by atoms with Gasteiger partial charge in [-0.2, -0.15) is 5.26 Å². The highest BCUT2D eigenvalue weighted by molar-refractivity contribution is 6.17. The molecule has 0 aliphatic rings. The van der Waals surface area contributed by atoms with Crippen molar-refractivity contribution in [2.24, 2.45) is 0 Å². The molecule has 6 nitrogen and oxygen atoms in total. The standard InChI is InChI=1S/C79H48N6/c80-49-64-75(50-41-45-52(46-42-50)81-65-31-11-1-21-54(65)55-22-2-12-32-66(55)81)77(83-69-35-15-5-25-58(69)59-26-6-16-36-70(59)83)79(85-73-39-19-9-29-62(73)63-30-10-20-40-74(63)85)78(84-71-37-17-7-27-60(71)61-28-8-18-38-72(61)84)76(64)51-43-47-53(48-44-51)82-67-33-13-3-23-56(67)57-24-4-14-34-68(57)82/h1-48H. The van der Waals surface area contributed by atoms with E-state index in [9.17, 15) is 5.26 Å². The van der Waals surface area contributed by atoms with E-state index in [1.54, 1.807) is 0 Å². The fraction of sp³-hybridized carbons (Fsp3) is 0. The zero-order valence-electron chi connectivity index (χ0n) is 45.9. The van der Waals surface area contributed by atoms with Crippen molar-refractivity contribution >= 4 is 109 Å². The summed E-state index contributed by atoms with van der Waals surface area (Å²) >= 11 is 0. The minimum Gasteiger partial charge on any atom is -0.309 e. The van der Waals surface area contributed by atoms with E-state index in [1.807, 2.05) is 0 Å². The first-order valence-corrected chi connectivity index (χ1v) is 29.0. The summed E-state index contributed by atoms with van der Waals surface area (Å²) in [6, 6.07) is 108. The van der Waals surface area contributed by atoms with Crippen molar-refractivity contribution in [3.05, 3.63) is 297 Å². The minimum absolute atomic E-state index is 0.562. The van der Waals surface area contributed by atoms with Gasteiger partial charge in [-0.25, -0.2) is 0 Å². The first kappa shape index (κ1) is 47.0. The van der Waals surface area contributed by atoms with E-state index in [1.165, 1.54) is 21.5 Å². The van der Waals surface area contributed by atoms with Gasteiger partial charge in [0.15, 0.2) is 0 Å². The second kappa shape index (κ2) is 18.2. The average molecular weight is 1080 g/mol. The molecule has 13 aromatic carbocycles. The Balaban J connectivity index is 1.06. The first-order chi connectivity index (χ1) is 42.2. The predicted octanol–water partition coefficient (Wildman–Crippen LogP) is 20.4. The summed E-state index contributed by atoms with van der Waals surface area (Å²) in [6.07, 6.45) is 0. The lowest BCUT2D eigenvalue weighted by atomic mass is 9.87. The summed E-state index contributed by atoms with van der Waals surface area (Å²) in [6.45, 7) is 0. The Bertz CT molecular complexity index is 5290. The van der Waals surface area contributed by atoms with Crippen LogP contribution >= 0.6 is 0 Å². The molecule has 5 aromatic heterocycles. The van der Waals surface area contributed by atoms with Gasteiger partial charge in [-0.05, 0) is 96.1 Å². The van der Waals surface area contributed by atoms with Crippen molar-refractivity contribution in [2.45, 2.75) is 0 Å². The van der Waals surface area contributed by atoms with Crippen LogP contribution in [-0.2, 0) is 0 Å². The predicted molar refractivity (Wildman–Crippen MR) is 354 cm³/mol. The Morgan fingerprint density at radius 2 is 0.388 bits per heavy atom. The van der Waals surface area contributed by atoms with Crippen molar-refractivity contribution in [3.8, 4) is 56.8 Å². The molecule has 0 saturated carbocycles. The maximum Gasteiger partial charge on any atom is 0.101 e. The molecule has 0 N–H and O–H groups in total. The van der Waals surface area contributed by atoms with Crippen LogP contribution in [0.3, 0.4) is 0 Å². The van der Waals surface area contributed by atoms with Crippen molar-refractivity contribution in [3.63, 3.8) is 0 Å². The fourth-order valence-corrected chi connectivity index (χ4v) is 14.5. The largest absolute Gasteiger partial charge is 0.309 e. The Labute approximate surface area is 488 Å². The lowest BCUT2D eigenvalue weighted by molar-refractivity contribution is 1.05. The van der Waals surface area contributed by atoms with Crippen molar-refractivity contribution in [2.75, 3.05) is 0 Å². The highest BCUT2D eigenvalue weighted by Crippen LogP contribution is 2.52. The van der Waals surface area contributed by atoms with E-state index < -0.39 is 0 Å². The van der Waals surface area contributed by atoms with Crippen LogP contribution in [0.2, 0.25) is 0 Å². The maximum absolute atomic E-state index is 12.8. The summed E-state index contributed by atoms with van der Waals surface area (Å²) in [7, 11) is 0. The number of nitriles is 1. The molecule has 0 bridgehead atoms. The molecule has 394 valence electrons. The molecule has 0 unspecified atom stereocenters. The SMILES string of the molecule is N#Cc1c(-c2ccc(-n3c4ccccc4c4ccccc43)cc2)c(-n2c3ccccc3c3ccccc32)c(-n2c3ccccc3c3ccccc32)c(-n2c3ccccc3c3ccccc32)c1-c1ccc(-n2c3ccccc3c3ccccc32)cc1. The van der Waals surface area contributed by atoms with Gasteiger partial charge in [0.2, 0.25) is 0 Å². The van der Waals surface area contributed by atoms with Crippen molar-refractivity contribution in [1.29, 1.82) is 5.26 Å². The Hall–Kier alpha value is -11.7. The molecular weight excluding hydrogens is 1030 g/mol. The summed E-state index contributed by atoms with van der Waals surface area (Å²) in [5.41, 5.74) is 19.6. The highest BCUT2D eigenvalue weighted by Gasteiger charge is 2.34. The normalized spacial score (nSPS) is 12.0. The lowest BCUT2D eigenvalue weighted by Gasteiger charge is -2.29. The molecule has 0 aliphatic heterocycles. The van der Waals surface area contributed by atoms with Gasteiger partial charge in [0, 0.05) is 76.4 Å². The highest BCUT2D eigenvalue weighted by atomic mass is 15.1. The third-order valence-corrected chi connectivity index (χ3v) is 17.9. The van der Waals surface area contributed by atoms with Crippen LogP contribution in [-0.4, -0.2) is 22.8 Å². The number of benzene rings is 13. The molecule has 6 heteroatoms. The van der Waals surface area contributed by atoms with Crippen LogP contribution in [0.1, 0.15) is 5.56 Å². The fourth-order valence-electron chi connectivity index (χ4n) is 14.5. The second-order valence-electron chi connectivity index (χ2n) is 22.2. The van der Waals surface area contributed by atoms with E-state index in [-0.39, 0.29) is 0 Å². The number of hydrogen-bond acceptors (Lipinski definition) is 1. The average Bonchev–Trinajstić information content (AvgIpc) is 2.02. The molecule has 18 rings (SSSR count). The Morgan fingerprint density at radius 3 is 0.600 bits per heavy atom. The number of hydrogen-bond donors (Lipinski definition) is 0. The second-order valence-corrected chi connectivity index (χ2v) is 22.2. The zero-order valence-corrected chi connectivity index (χ0v) is 45.9. The molecule has 85 heavy (non-hydrogen) atoms. The van der Waals surface area contributed by atoms with Gasteiger partial charge in [-0.3, -0.25) is 0 Å². The van der Waals surface area contributed by atoms with Crippen LogP contribution in [0.15, 0.2) is 291 Å². The monoisotopic (exact) mass is 1080 g/mol. The molecule has 0 spiro atoms. The van der Waals surface area contributed by atoms with Gasteiger partial charge in [0.1, 0.15) is 6.07 Å². The molecule has 0 radical (unpaired) electrons. The van der Waals surface area contributed by atoms with Gasteiger partial charge in [0.25, 0.3) is 0 Å². The third-order valence-electron chi connectivity index (χ3n) is 17.9. The van der Waals surface area contributed by atoms with E-state index in [0.29, 0.717) is 5.56 Å². The van der Waals surface area contributed by atoms with Gasteiger partial charge in [-0.1, -0.05) is 206 Å². The number of aromatic nitrogens is 5. The Kier molecular flexibility index (Phi) is 10.1. The van der Waals surface area contributed by atoms with Gasteiger partial charge < -0.3 is 22.8 Å². The van der Waals surface area contributed by atoms with Crippen molar-refractivity contribution < 1.29 is 0 Å². The molecule has 18 aromatic rings. The molecular formula is C79H48N6. The van der Waals surface area contributed by atoms with Gasteiger partial charge in [0.05, 0.1) is 77.8 Å². The number of para-hydroxylation sites is 10. The number of nitrogens with zero attached hydrogens (tertiary/aromatic N) is 6. The molecule has 0 atom stereocenters. The van der Waals surface area contributed by atoms with Gasteiger partial charge >= 0.3 is 0 Å². The van der Waals surface area contributed by atoms with Crippen molar-refractivity contribution in [1.82, 2.24) is 22.8 Å². The van der Waals surface area contributed by atoms with Gasteiger partial charge in [-0.15, -0.1) is 0 Å². The third kappa shape index (κ3) is 6.63. The topological polar surface area (TPSA) is 48.4 Å². The summed E-state index contributed by atoms with van der Waals surface area (Å²) < 4.78 is 12.2. The lowest BCUT2D eigenvalue weighted by Crippen LogP contribution is -2.14. The zero-order chi connectivity index (χ0) is 55.9. The number of fused-ring (bicyclic) bond motifs is 15. The Morgan fingerprint density at radius 1 is 0.200 bits per heavy atom. The minimum atomic E-state index is 0.562. The first-order valence-electron chi connectivity index (χ1n) is 29.0. The van der Waals surface area contributed by atoms with Crippen LogP contribution < -0.4 is 0 Å². The van der Waals surface area contributed by atoms with E-state index in [4.69, 9.17) is 0 Å². The smallest absolute Gasteiger partial charge is 0.101 e. The van der Waals surface area contributed by atoms with Crippen LogP contribution in [0.4, 0.5) is 0 Å². The molecule has 5 heterocycles. The molecule has 0 amide bonds. The van der Waals surface area contributed by atoms with E-state index in [0.717, 1.165) is 138 Å². The molecule has 0 fully saturated rings. The quantitative estimate of drug-likeness (QED) is 0.157. The van der Waals surface area contributed by atoms with E-state index >= 15 is 0 Å². The van der Waals surface area contributed by atoms with E-state index in [2.05, 4.69) is 320 Å². The van der Waals surface area contributed by atoms with Crippen LogP contribution in [0.25, 0.3) is 160 Å².